The van der Waals surface area contributed by atoms with Crippen molar-refractivity contribution in [3.63, 3.8) is 0 Å². The standard InChI is InChI=1S/2C5H14NO.2C2H4O2/c2*1-6(2,3)4-5-7;2*1-2(3)4/h2*7H,4-5H2,1-3H3;2*1H3,(H,3,4)/q2*+1;;/p-2. The smallest absolute Gasteiger partial charge is 0.101 e. The molecule has 0 aromatic rings. The Balaban J connectivity index is -0.000000102. The lowest BCUT2D eigenvalue weighted by atomic mass is 10.5. The molecule has 0 radical (unpaired) electrons. The molecule has 0 saturated heterocycles. The molecule has 0 aromatic heterocycles. The number of carboxylic acids is 2. The monoisotopic (exact) mass is 326 g/mol. The van der Waals surface area contributed by atoms with Gasteiger partial charge in [-0.25, -0.2) is 0 Å². The van der Waals surface area contributed by atoms with Gasteiger partial charge in [0, 0.05) is 11.9 Å². The van der Waals surface area contributed by atoms with E-state index in [9.17, 15) is 0 Å². The number of carboxylic acid groups (broad SMARTS) is 2. The van der Waals surface area contributed by atoms with Gasteiger partial charge in [-0.05, 0) is 13.8 Å². The molecule has 0 spiro atoms. The molecule has 0 aliphatic carbocycles. The quantitative estimate of drug-likeness (QED) is 0.527. The van der Waals surface area contributed by atoms with Crippen LogP contribution in [-0.4, -0.2) is 99.7 Å². The SMILES string of the molecule is CC(=O)[O-].CC(=O)[O-].C[N+](C)(C)CCO.C[N+](C)(C)CCO. The van der Waals surface area contributed by atoms with Gasteiger partial charge in [0.2, 0.25) is 0 Å². The van der Waals surface area contributed by atoms with Gasteiger partial charge in [0.05, 0.1) is 55.5 Å². The molecule has 0 rings (SSSR count). The van der Waals surface area contributed by atoms with Crippen LogP contribution in [-0.2, 0) is 9.59 Å². The summed E-state index contributed by atoms with van der Waals surface area (Å²) in [7, 11) is 12.3. The highest BCUT2D eigenvalue weighted by molar-refractivity contribution is 5.60. The van der Waals surface area contributed by atoms with E-state index in [1.807, 2.05) is 0 Å². The average Bonchev–Trinajstić information content (AvgIpc) is 2.11. The molecule has 0 saturated carbocycles. The van der Waals surface area contributed by atoms with Gasteiger partial charge in [0.1, 0.15) is 13.1 Å². The second-order valence-electron chi connectivity index (χ2n) is 6.46. The van der Waals surface area contributed by atoms with Crippen molar-refractivity contribution < 1.29 is 39.0 Å². The van der Waals surface area contributed by atoms with Gasteiger partial charge in [0.25, 0.3) is 0 Å². The summed E-state index contributed by atoms with van der Waals surface area (Å²) in [6.07, 6.45) is 0. The summed E-state index contributed by atoms with van der Waals surface area (Å²) >= 11 is 0. The number of carbonyl (C=O) groups excluding carboxylic acids is 2. The maximum Gasteiger partial charge on any atom is 0.101 e. The average molecular weight is 326 g/mol. The van der Waals surface area contributed by atoms with E-state index >= 15 is 0 Å². The molecule has 22 heavy (non-hydrogen) atoms. The number of aliphatic hydroxyl groups is 2. The Labute approximate surface area is 134 Å². The molecular weight excluding hydrogens is 292 g/mol. The highest BCUT2D eigenvalue weighted by atomic mass is 16.4. The third-order valence-corrected chi connectivity index (χ3v) is 1.54. The van der Waals surface area contributed by atoms with Crippen LogP contribution < -0.4 is 10.2 Å². The van der Waals surface area contributed by atoms with Crippen molar-refractivity contribution in [3.05, 3.63) is 0 Å². The minimum absolute atomic E-state index is 0.281. The fourth-order valence-corrected chi connectivity index (χ4v) is 0.600. The number of quaternary nitrogens is 2. The number of aliphatic hydroxyl groups excluding tert-OH is 2. The third-order valence-electron chi connectivity index (χ3n) is 1.54. The number of hydrogen-bond donors (Lipinski definition) is 2. The second-order valence-corrected chi connectivity index (χ2v) is 6.46. The van der Waals surface area contributed by atoms with E-state index in [-0.39, 0.29) is 13.2 Å². The van der Waals surface area contributed by atoms with Gasteiger partial charge >= 0.3 is 0 Å². The lowest BCUT2D eigenvalue weighted by Gasteiger charge is -2.21. The summed E-state index contributed by atoms with van der Waals surface area (Å²) in [6, 6.07) is 0. The Kier molecular flexibility index (Phi) is 21.2. The molecular formula is C14H34N2O6. The Hall–Kier alpha value is -1.22. The zero-order valence-corrected chi connectivity index (χ0v) is 15.3. The number of carbonyl (C=O) groups is 2. The zero-order chi connectivity index (χ0) is 19.0. The van der Waals surface area contributed by atoms with E-state index in [1.165, 1.54) is 0 Å². The number of nitrogens with zero attached hydrogens (tertiary/aromatic N) is 2. The van der Waals surface area contributed by atoms with Gasteiger partial charge < -0.3 is 39.0 Å². The van der Waals surface area contributed by atoms with Gasteiger partial charge in [-0.1, -0.05) is 0 Å². The fourth-order valence-electron chi connectivity index (χ4n) is 0.600. The lowest BCUT2D eigenvalue weighted by Crippen LogP contribution is -2.36. The van der Waals surface area contributed by atoms with Crippen LogP contribution in [0.25, 0.3) is 0 Å². The Morgan fingerprint density at radius 2 is 0.864 bits per heavy atom. The number of likely N-dealkylation sites (N-methyl/N-ethyl adjacent to an activating group) is 2. The maximum absolute atomic E-state index is 8.89. The zero-order valence-electron chi connectivity index (χ0n) is 15.3. The summed E-state index contributed by atoms with van der Waals surface area (Å²) in [5.74, 6) is -2.17. The van der Waals surface area contributed by atoms with Crippen LogP contribution in [0.4, 0.5) is 0 Å². The largest absolute Gasteiger partial charge is 0.550 e. The number of aliphatic carboxylic acids is 2. The van der Waals surface area contributed by atoms with Crippen LogP contribution in [0, 0.1) is 0 Å². The van der Waals surface area contributed by atoms with Gasteiger partial charge in [-0.15, -0.1) is 0 Å². The normalized spacial score (nSPS) is 9.91. The van der Waals surface area contributed by atoms with Crippen molar-refractivity contribution in [2.45, 2.75) is 13.8 Å². The summed E-state index contributed by atoms with van der Waals surface area (Å²) in [6.45, 7) is 4.17. The number of hydrogen-bond acceptors (Lipinski definition) is 6. The molecule has 0 unspecified atom stereocenters. The van der Waals surface area contributed by atoms with Crippen LogP contribution in [0.3, 0.4) is 0 Å². The summed E-state index contributed by atoms with van der Waals surface area (Å²) < 4.78 is 1.69. The van der Waals surface area contributed by atoms with Crippen LogP contribution in [0.1, 0.15) is 13.8 Å². The van der Waals surface area contributed by atoms with Crippen LogP contribution in [0.5, 0.6) is 0 Å². The topological polar surface area (TPSA) is 121 Å². The first-order valence-electron chi connectivity index (χ1n) is 6.76. The van der Waals surface area contributed by atoms with Crippen molar-refractivity contribution >= 4 is 11.9 Å². The molecule has 0 amide bonds. The van der Waals surface area contributed by atoms with Crippen molar-refractivity contribution in [2.24, 2.45) is 0 Å². The number of rotatable bonds is 4. The van der Waals surface area contributed by atoms with E-state index in [4.69, 9.17) is 30.0 Å². The minimum atomic E-state index is -1.08. The summed E-state index contributed by atoms with van der Waals surface area (Å²) in [5.41, 5.74) is 0. The highest BCUT2D eigenvalue weighted by Crippen LogP contribution is 1.85. The van der Waals surface area contributed by atoms with E-state index in [2.05, 4.69) is 42.3 Å². The first kappa shape index (κ1) is 28.9. The van der Waals surface area contributed by atoms with E-state index in [0.29, 0.717) is 0 Å². The van der Waals surface area contributed by atoms with Crippen LogP contribution >= 0.6 is 0 Å². The molecule has 0 fully saturated rings. The first-order valence-corrected chi connectivity index (χ1v) is 6.76. The molecule has 0 atom stereocenters. The van der Waals surface area contributed by atoms with Crippen molar-refractivity contribution in [2.75, 3.05) is 68.6 Å². The molecule has 0 bridgehead atoms. The lowest BCUT2D eigenvalue weighted by molar-refractivity contribution is -0.870. The first-order chi connectivity index (χ1) is 9.59. The predicted octanol–water partition coefficient (Wildman–Crippen LogP) is -3.12. The van der Waals surface area contributed by atoms with Gasteiger partial charge in [-0.3, -0.25) is 0 Å². The molecule has 0 aliphatic rings. The Morgan fingerprint density at radius 3 is 0.864 bits per heavy atom. The van der Waals surface area contributed by atoms with E-state index < -0.39 is 11.9 Å². The molecule has 8 heteroatoms. The molecule has 136 valence electrons. The summed E-state index contributed by atoms with van der Waals surface area (Å²) in [4.78, 5) is 17.8. The summed E-state index contributed by atoms with van der Waals surface area (Å²) in [5, 5.41) is 34.6. The van der Waals surface area contributed by atoms with Crippen molar-refractivity contribution in [1.82, 2.24) is 0 Å². The van der Waals surface area contributed by atoms with E-state index in [0.717, 1.165) is 35.9 Å². The highest BCUT2D eigenvalue weighted by Gasteiger charge is 2.02. The predicted molar refractivity (Wildman–Crippen MR) is 81.3 cm³/mol. The molecule has 0 heterocycles. The third kappa shape index (κ3) is 129. The van der Waals surface area contributed by atoms with Crippen molar-refractivity contribution in [3.8, 4) is 0 Å². The molecule has 0 aromatic carbocycles. The molecule has 0 aliphatic heterocycles. The van der Waals surface area contributed by atoms with Crippen molar-refractivity contribution in [1.29, 1.82) is 0 Å². The second kappa shape index (κ2) is 16.2. The van der Waals surface area contributed by atoms with Gasteiger partial charge in [0.15, 0.2) is 0 Å². The molecule has 8 nitrogen and oxygen atoms in total. The Morgan fingerprint density at radius 1 is 0.727 bits per heavy atom. The maximum atomic E-state index is 8.89. The minimum Gasteiger partial charge on any atom is -0.550 e. The van der Waals surface area contributed by atoms with E-state index in [1.54, 1.807) is 0 Å². The van der Waals surface area contributed by atoms with Gasteiger partial charge in [-0.2, -0.15) is 0 Å². The Bertz CT molecular complexity index is 233. The van der Waals surface area contributed by atoms with Crippen LogP contribution in [0.2, 0.25) is 0 Å². The molecule has 2 N–H and O–H groups in total. The van der Waals surface area contributed by atoms with Crippen LogP contribution in [0.15, 0.2) is 0 Å². The fraction of sp³-hybridized carbons (Fsp3) is 0.857.